The van der Waals surface area contributed by atoms with Crippen molar-refractivity contribution in [3.05, 3.63) is 76.8 Å². The van der Waals surface area contributed by atoms with Crippen LogP contribution in [-0.2, 0) is 6.54 Å². The van der Waals surface area contributed by atoms with E-state index in [1.807, 2.05) is 31.2 Å². The lowest BCUT2D eigenvalue weighted by Gasteiger charge is -2.09. The van der Waals surface area contributed by atoms with Crippen molar-refractivity contribution in [1.29, 1.82) is 0 Å². The maximum absolute atomic E-state index is 12.4. The molecule has 1 aromatic heterocycles. The van der Waals surface area contributed by atoms with Crippen molar-refractivity contribution in [3.63, 3.8) is 0 Å². The van der Waals surface area contributed by atoms with Crippen molar-refractivity contribution in [3.8, 4) is 22.8 Å². The Morgan fingerprint density at radius 2 is 1.90 bits per heavy atom. The molecule has 3 rings (SSSR count). The van der Waals surface area contributed by atoms with E-state index in [1.54, 1.807) is 31.4 Å². The average Bonchev–Trinajstić information content (AvgIpc) is 2.75. The van der Waals surface area contributed by atoms with E-state index in [1.165, 1.54) is 17.0 Å². The zero-order valence-corrected chi connectivity index (χ0v) is 16.4. The molecule has 150 valence electrons. The Morgan fingerprint density at radius 3 is 2.59 bits per heavy atom. The van der Waals surface area contributed by atoms with Crippen LogP contribution in [0.15, 0.2) is 65.7 Å². The van der Waals surface area contributed by atoms with E-state index < -0.39 is 0 Å². The molecule has 0 bridgehead atoms. The molecule has 0 atom stereocenters. The predicted octanol–water partition coefficient (Wildman–Crippen LogP) is 2.75. The molecule has 0 radical (unpaired) electrons. The molecule has 2 aromatic carbocycles. The summed E-state index contributed by atoms with van der Waals surface area (Å²) in [6, 6.07) is 15.8. The van der Waals surface area contributed by atoms with E-state index in [0.717, 1.165) is 11.3 Å². The predicted molar refractivity (Wildman–Crippen MR) is 110 cm³/mol. The standard InChI is InChI=1S/C22H23N3O4/c1-3-29-18-9-7-16(8-10-18)20-14-21(26)25(15-24-20)12-11-23-22(27)17-5-4-6-19(13-17)28-2/h4-10,13-15H,3,11-12H2,1-2H3,(H,23,27). The second kappa shape index (κ2) is 9.54. The second-order valence-electron chi connectivity index (χ2n) is 6.25. The minimum atomic E-state index is -0.226. The van der Waals surface area contributed by atoms with Crippen molar-refractivity contribution in [1.82, 2.24) is 14.9 Å². The Labute approximate surface area is 168 Å². The first-order valence-corrected chi connectivity index (χ1v) is 9.32. The van der Waals surface area contributed by atoms with Crippen molar-refractivity contribution >= 4 is 5.91 Å². The molecule has 0 saturated carbocycles. The average molecular weight is 393 g/mol. The van der Waals surface area contributed by atoms with Crippen LogP contribution in [0.4, 0.5) is 0 Å². The van der Waals surface area contributed by atoms with Crippen molar-refractivity contribution in [2.75, 3.05) is 20.3 Å². The van der Waals surface area contributed by atoms with Gasteiger partial charge in [0.25, 0.3) is 11.5 Å². The summed E-state index contributed by atoms with van der Waals surface area (Å²) < 4.78 is 12.0. The second-order valence-corrected chi connectivity index (χ2v) is 6.25. The highest BCUT2D eigenvalue weighted by atomic mass is 16.5. The van der Waals surface area contributed by atoms with Crippen molar-refractivity contribution in [2.24, 2.45) is 0 Å². The lowest BCUT2D eigenvalue weighted by atomic mass is 10.1. The molecule has 0 spiro atoms. The molecule has 0 aliphatic heterocycles. The van der Waals surface area contributed by atoms with Crippen LogP contribution in [-0.4, -0.2) is 35.7 Å². The Hall–Kier alpha value is -3.61. The zero-order valence-electron chi connectivity index (χ0n) is 16.4. The summed E-state index contributed by atoms with van der Waals surface area (Å²) in [5.41, 5.74) is 1.75. The summed E-state index contributed by atoms with van der Waals surface area (Å²) in [7, 11) is 1.55. The van der Waals surface area contributed by atoms with Gasteiger partial charge in [-0.2, -0.15) is 0 Å². The molecule has 0 unspecified atom stereocenters. The summed E-state index contributed by atoms with van der Waals surface area (Å²) in [6.45, 7) is 3.15. The molecule has 0 aliphatic rings. The molecule has 0 saturated heterocycles. The Morgan fingerprint density at radius 1 is 1.10 bits per heavy atom. The topological polar surface area (TPSA) is 82.5 Å². The van der Waals surface area contributed by atoms with Crippen LogP contribution in [0.2, 0.25) is 0 Å². The molecule has 7 heteroatoms. The van der Waals surface area contributed by atoms with Crippen LogP contribution in [0.3, 0.4) is 0 Å². The summed E-state index contributed by atoms with van der Waals surface area (Å²) >= 11 is 0. The minimum absolute atomic E-state index is 0.181. The van der Waals surface area contributed by atoms with Crippen LogP contribution in [0.1, 0.15) is 17.3 Å². The van der Waals surface area contributed by atoms with Gasteiger partial charge in [-0.15, -0.1) is 0 Å². The lowest BCUT2D eigenvalue weighted by molar-refractivity contribution is 0.0952. The van der Waals surface area contributed by atoms with Gasteiger partial charge in [-0.1, -0.05) is 6.07 Å². The summed E-state index contributed by atoms with van der Waals surface area (Å²) in [5, 5.41) is 2.79. The number of hydrogen-bond acceptors (Lipinski definition) is 5. The number of aromatic nitrogens is 2. The fraction of sp³-hybridized carbons (Fsp3) is 0.227. The fourth-order valence-corrected chi connectivity index (χ4v) is 2.80. The Balaban J connectivity index is 1.60. The first-order valence-electron chi connectivity index (χ1n) is 9.32. The number of nitrogens with zero attached hydrogens (tertiary/aromatic N) is 2. The number of carbonyl (C=O) groups excluding carboxylic acids is 1. The Kier molecular flexibility index (Phi) is 6.63. The van der Waals surface area contributed by atoms with E-state index >= 15 is 0 Å². The van der Waals surface area contributed by atoms with Gasteiger partial charge in [0.1, 0.15) is 11.5 Å². The summed E-state index contributed by atoms with van der Waals surface area (Å²) in [5.74, 6) is 1.16. The molecule has 29 heavy (non-hydrogen) atoms. The largest absolute Gasteiger partial charge is 0.497 e. The lowest BCUT2D eigenvalue weighted by Crippen LogP contribution is -2.30. The third kappa shape index (κ3) is 5.22. The molecule has 1 heterocycles. The van der Waals surface area contributed by atoms with Crippen LogP contribution >= 0.6 is 0 Å². The van der Waals surface area contributed by atoms with E-state index in [2.05, 4.69) is 10.3 Å². The SMILES string of the molecule is CCOc1ccc(-c2cc(=O)n(CCNC(=O)c3cccc(OC)c3)cn2)cc1. The summed E-state index contributed by atoms with van der Waals surface area (Å²) in [4.78, 5) is 29.0. The number of benzene rings is 2. The number of amides is 1. The monoisotopic (exact) mass is 393 g/mol. The maximum Gasteiger partial charge on any atom is 0.253 e. The third-order valence-corrected chi connectivity index (χ3v) is 4.31. The van der Waals surface area contributed by atoms with Gasteiger partial charge < -0.3 is 14.8 Å². The van der Waals surface area contributed by atoms with Crippen LogP contribution in [0.5, 0.6) is 11.5 Å². The molecule has 1 amide bonds. The third-order valence-electron chi connectivity index (χ3n) is 4.31. The van der Waals surface area contributed by atoms with Crippen molar-refractivity contribution in [2.45, 2.75) is 13.5 Å². The van der Waals surface area contributed by atoms with Crippen LogP contribution in [0, 0.1) is 0 Å². The number of hydrogen-bond donors (Lipinski definition) is 1. The maximum atomic E-state index is 12.4. The first kappa shape index (κ1) is 20.1. The van der Waals surface area contributed by atoms with Gasteiger partial charge in [0.15, 0.2) is 0 Å². The van der Waals surface area contributed by atoms with E-state index in [0.29, 0.717) is 36.7 Å². The van der Waals surface area contributed by atoms with Gasteiger partial charge in [0.2, 0.25) is 0 Å². The molecule has 3 aromatic rings. The van der Waals surface area contributed by atoms with Crippen LogP contribution < -0.4 is 20.3 Å². The van der Waals surface area contributed by atoms with Gasteiger partial charge in [-0.3, -0.25) is 14.2 Å². The van der Waals surface area contributed by atoms with Gasteiger partial charge in [0.05, 0.1) is 25.7 Å². The number of rotatable bonds is 8. The molecule has 0 fully saturated rings. The molecular weight excluding hydrogens is 370 g/mol. The van der Waals surface area contributed by atoms with Gasteiger partial charge in [0, 0.05) is 30.3 Å². The highest BCUT2D eigenvalue weighted by Crippen LogP contribution is 2.19. The first-order chi connectivity index (χ1) is 14.1. The smallest absolute Gasteiger partial charge is 0.253 e. The number of ether oxygens (including phenoxy) is 2. The quantitative estimate of drug-likeness (QED) is 0.636. The zero-order chi connectivity index (χ0) is 20.6. The van der Waals surface area contributed by atoms with E-state index in [9.17, 15) is 9.59 Å². The van der Waals surface area contributed by atoms with E-state index in [-0.39, 0.29) is 11.5 Å². The van der Waals surface area contributed by atoms with Gasteiger partial charge >= 0.3 is 0 Å². The highest BCUT2D eigenvalue weighted by Gasteiger charge is 2.07. The van der Waals surface area contributed by atoms with Crippen molar-refractivity contribution < 1.29 is 14.3 Å². The summed E-state index contributed by atoms with van der Waals surface area (Å²) in [6.07, 6.45) is 1.49. The molecule has 1 N–H and O–H groups in total. The number of carbonyl (C=O) groups is 1. The minimum Gasteiger partial charge on any atom is -0.497 e. The number of methoxy groups -OCH3 is 1. The fourth-order valence-electron chi connectivity index (χ4n) is 2.80. The van der Waals surface area contributed by atoms with Gasteiger partial charge in [-0.05, 0) is 49.4 Å². The van der Waals surface area contributed by atoms with Crippen LogP contribution in [0.25, 0.3) is 11.3 Å². The molecule has 7 nitrogen and oxygen atoms in total. The molecular formula is C22H23N3O4. The normalized spacial score (nSPS) is 10.4. The molecule has 0 aliphatic carbocycles. The van der Waals surface area contributed by atoms with Gasteiger partial charge in [-0.25, -0.2) is 4.98 Å². The number of nitrogens with one attached hydrogen (secondary N) is 1. The highest BCUT2D eigenvalue weighted by molar-refractivity contribution is 5.94. The van der Waals surface area contributed by atoms with E-state index in [4.69, 9.17) is 9.47 Å². The Bertz CT molecular complexity index is 1030.